The van der Waals surface area contributed by atoms with Crippen LogP contribution < -0.4 is 63.5 Å². The average molecular weight is 708 g/mol. The van der Waals surface area contributed by atoms with Gasteiger partial charge in [0.05, 0.1) is 18.0 Å². The molecule has 3 nitrogen and oxygen atoms in total. The smallest absolute Gasteiger partial charge is 1.00 e. The van der Waals surface area contributed by atoms with Crippen LogP contribution in [0, 0.1) is 11.8 Å². The van der Waals surface area contributed by atoms with E-state index in [0.29, 0.717) is 6.04 Å². The molecular weight excluding hydrogens is 683 g/mol. The molecule has 22 heavy (non-hydrogen) atoms. The van der Waals surface area contributed by atoms with Crippen molar-refractivity contribution in [3.8, 4) is 0 Å². The molecule has 4 rings (SSSR count). The fourth-order valence-electron chi connectivity index (χ4n) is 3.87. The van der Waals surface area contributed by atoms with Gasteiger partial charge in [0.2, 0.25) is 0 Å². The molecule has 1 heterocycles. The fraction of sp³-hybridized carbons (Fsp3) is 0.625. The predicted molar refractivity (Wildman–Crippen MR) is 81.5 cm³/mol. The summed E-state index contributed by atoms with van der Waals surface area (Å²) in [5.74, 6) is 1.94. The van der Waals surface area contributed by atoms with Crippen LogP contribution in [0.4, 0.5) is 11.4 Å². The van der Waals surface area contributed by atoms with Crippen molar-refractivity contribution in [3.05, 3.63) is 24.3 Å². The summed E-state index contributed by atoms with van der Waals surface area (Å²) in [7, 11) is 4.23. The van der Waals surface area contributed by atoms with Gasteiger partial charge < -0.3 is 63.5 Å². The van der Waals surface area contributed by atoms with Crippen LogP contribution in [0.15, 0.2) is 24.3 Å². The monoisotopic (exact) mass is 708 g/mol. The maximum atomic E-state index is 5.82. The van der Waals surface area contributed by atoms with Gasteiger partial charge in [0.1, 0.15) is 0 Å². The number of hydrogen-bond donors (Lipinski definition) is 1. The molecule has 2 aliphatic carbocycles. The Labute approximate surface area is 183 Å². The zero-order valence-corrected chi connectivity index (χ0v) is 19.7. The summed E-state index contributed by atoms with van der Waals surface area (Å²) in [5.41, 5.74) is 8.48. The van der Waals surface area contributed by atoms with Crippen LogP contribution in [-0.4, -0.2) is 26.8 Å². The maximum Gasteiger partial charge on any atom is 2.00 e. The molecule has 2 bridgehead atoms. The SMILES string of the molecule is CN1CN(C)c2ccccc21.NC1C[C@@H]2CC[C@@H]1C2.[I-].[I-].[Pt+2]. The number of nitrogens with zero attached hydrogens (tertiary/aromatic N) is 2. The third kappa shape index (κ3) is 4.96. The van der Waals surface area contributed by atoms with E-state index in [1.165, 1.54) is 37.1 Å². The van der Waals surface area contributed by atoms with Gasteiger partial charge in [0, 0.05) is 20.1 Å². The second kappa shape index (κ2) is 10.0. The van der Waals surface area contributed by atoms with Gasteiger partial charge in [-0.15, -0.1) is 0 Å². The van der Waals surface area contributed by atoms with Crippen molar-refractivity contribution in [2.75, 3.05) is 30.6 Å². The van der Waals surface area contributed by atoms with Crippen LogP contribution >= 0.6 is 0 Å². The molecular formula is C16H25I2N3Pt. The Morgan fingerprint density at radius 2 is 1.50 bits per heavy atom. The van der Waals surface area contributed by atoms with Crippen molar-refractivity contribution in [3.63, 3.8) is 0 Å². The molecule has 2 N–H and O–H groups in total. The standard InChI is InChI=1S/C9H12N2.C7H13N.2HI.Pt/c1-10-7-11(2)9-6-4-3-5-8(9)10;8-7-4-5-1-2-6(7)3-5;;;/h3-6H,7H2,1-2H3;5-7H,1-4,8H2;2*1H;/q;;;;+2/p-2/t;5-,6-,7?;;;/m.1.../s1. The molecule has 2 saturated carbocycles. The number of nitrogens with two attached hydrogens (primary N) is 1. The Hall–Kier alpha value is 0.928. The van der Waals surface area contributed by atoms with Crippen molar-refractivity contribution in [2.45, 2.75) is 31.7 Å². The summed E-state index contributed by atoms with van der Waals surface area (Å²) in [5, 5.41) is 0. The first-order chi connectivity index (χ1) is 9.15. The van der Waals surface area contributed by atoms with Crippen LogP contribution in [0.3, 0.4) is 0 Å². The maximum absolute atomic E-state index is 5.82. The summed E-state index contributed by atoms with van der Waals surface area (Å²) in [6.07, 6.45) is 5.66. The Balaban J connectivity index is 0.000000364. The minimum atomic E-state index is 0. The molecule has 0 saturated heterocycles. The molecule has 2 fully saturated rings. The number of halogens is 2. The fourth-order valence-corrected chi connectivity index (χ4v) is 3.87. The number of para-hydroxylation sites is 2. The third-order valence-electron chi connectivity index (χ3n) is 4.92. The Morgan fingerprint density at radius 1 is 0.955 bits per heavy atom. The van der Waals surface area contributed by atoms with Crippen LogP contribution in [0.5, 0.6) is 0 Å². The van der Waals surface area contributed by atoms with Gasteiger partial charge in [0.15, 0.2) is 0 Å². The van der Waals surface area contributed by atoms with E-state index < -0.39 is 0 Å². The molecule has 1 unspecified atom stereocenters. The van der Waals surface area contributed by atoms with E-state index in [1.54, 1.807) is 0 Å². The number of rotatable bonds is 0. The van der Waals surface area contributed by atoms with Crippen LogP contribution in [0.2, 0.25) is 0 Å². The van der Waals surface area contributed by atoms with E-state index >= 15 is 0 Å². The first-order valence-electron chi connectivity index (χ1n) is 7.42. The predicted octanol–water partition coefficient (Wildman–Crippen LogP) is -3.33. The number of benzene rings is 1. The number of hydrogen-bond acceptors (Lipinski definition) is 3. The molecule has 0 amide bonds. The molecule has 1 aliphatic heterocycles. The topological polar surface area (TPSA) is 32.5 Å². The van der Waals surface area contributed by atoms with Crippen molar-refractivity contribution in [1.29, 1.82) is 0 Å². The zero-order chi connectivity index (χ0) is 13.4. The van der Waals surface area contributed by atoms with Gasteiger partial charge in [-0.1, -0.05) is 18.6 Å². The van der Waals surface area contributed by atoms with Crippen molar-refractivity contribution in [1.82, 2.24) is 0 Å². The summed E-state index contributed by atoms with van der Waals surface area (Å²) in [4.78, 5) is 4.49. The van der Waals surface area contributed by atoms with Gasteiger partial charge in [-0.25, -0.2) is 0 Å². The van der Waals surface area contributed by atoms with Gasteiger partial charge >= 0.3 is 21.1 Å². The molecule has 3 atom stereocenters. The molecule has 6 heteroatoms. The van der Waals surface area contributed by atoms with E-state index in [2.05, 4.69) is 48.2 Å². The largest absolute Gasteiger partial charge is 2.00 e. The Morgan fingerprint density at radius 3 is 1.82 bits per heavy atom. The van der Waals surface area contributed by atoms with E-state index in [4.69, 9.17) is 5.73 Å². The quantitative estimate of drug-likeness (QED) is 0.287. The van der Waals surface area contributed by atoms with Gasteiger partial charge in [-0.2, -0.15) is 0 Å². The molecule has 0 spiro atoms. The number of anilines is 2. The van der Waals surface area contributed by atoms with E-state index in [0.717, 1.165) is 18.5 Å². The van der Waals surface area contributed by atoms with Gasteiger partial charge in [-0.3, -0.25) is 0 Å². The summed E-state index contributed by atoms with van der Waals surface area (Å²) in [6, 6.07) is 9.04. The van der Waals surface area contributed by atoms with E-state index in [-0.39, 0.29) is 69.0 Å². The zero-order valence-electron chi connectivity index (χ0n) is 13.1. The molecule has 1 aromatic rings. The Kier molecular flexibility index (Phi) is 10.5. The van der Waals surface area contributed by atoms with E-state index in [1.807, 2.05) is 0 Å². The normalized spacial score (nSPS) is 27.0. The summed E-state index contributed by atoms with van der Waals surface area (Å²) in [6.45, 7) is 0.999. The Bertz CT molecular complexity index is 432. The van der Waals surface area contributed by atoms with Gasteiger partial charge in [0.25, 0.3) is 0 Å². The van der Waals surface area contributed by atoms with Crippen molar-refractivity contribution < 1.29 is 69.0 Å². The minimum Gasteiger partial charge on any atom is -1.00 e. The second-order valence-corrected chi connectivity index (χ2v) is 6.36. The average Bonchev–Trinajstić information content (AvgIpc) is 3.07. The first kappa shape index (κ1) is 22.9. The van der Waals surface area contributed by atoms with Crippen LogP contribution in [0.25, 0.3) is 0 Å². The second-order valence-electron chi connectivity index (χ2n) is 6.36. The molecule has 0 radical (unpaired) electrons. The minimum absolute atomic E-state index is 0. The van der Waals surface area contributed by atoms with E-state index in [9.17, 15) is 0 Å². The van der Waals surface area contributed by atoms with Gasteiger partial charge in [-0.05, 0) is 43.2 Å². The molecule has 128 valence electrons. The van der Waals surface area contributed by atoms with Crippen LogP contribution in [0.1, 0.15) is 25.7 Å². The summed E-state index contributed by atoms with van der Waals surface area (Å²) >= 11 is 0. The van der Waals surface area contributed by atoms with Crippen molar-refractivity contribution >= 4 is 11.4 Å². The molecule has 3 aliphatic rings. The van der Waals surface area contributed by atoms with Crippen LogP contribution in [-0.2, 0) is 21.1 Å². The molecule has 1 aromatic carbocycles. The number of fused-ring (bicyclic) bond motifs is 3. The summed E-state index contributed by atoms with van der Waals surface area (Å²) < 4.78 is 0. The van der Waals surface area contributed by atoms with Crippen molar-refractivity contribution in [2.24, 2.45) is 17.6 Å². The third-order valence-corrected chi connectivity index (χ3v) is 4.92. The molecule has 0 aromatic heterocycles. The first-order valence-corrected chi connectivity index (χ1v) is 7.42.